The highest BCUT2D eigenvalue weighted by atomic mass is 16.5. The Balaban J connectivity index is 1.78. The molecular weight excluding hydrogens is 364 g/mol. The van der Waals surface area contributed by atoms with Gasteiger partial charge in [0.25, 0.3) is 0 Å². The third-order valence-corrected chi connectivity index (χ3v) is 4.37. The van der Waals surface area contributed by atoms with E-state index in [-0.39, 0.29) is 11.3 Å². The van der Waals surface area contributed by atoms with Crippen LogP contribution in [0.2, 0.25) is 0 Å². The first-order valence-corrected chi connectivity index (χ1v) is 8.48. The van der Waals surface area contributed by atoms with E-state index in [2.05, 4.69) is 0 Å². The van der Waals surface area contributed by atoms with Crippen LogP contribution in [0.5, 0.6) is 17.2 Å². The van der Waals surface area contributed by atoms with Crippen LogP contribution in [0.25, 0.3) is 11.0 Å². The summed E-state index contributed by atoms with van der Waals surface area (Å²) < 4.78 is 26.3. The fourth-order valence-corrected chi connectivity index (χ4v) is 2.83. The van der Waals surface area contributed by atoms with Crippen LogP contribution in [0.1, 0.15) is 26.5 Å². The average Bonchev–Trinajstić information content (AvgIpc) is 3.07. The fourth-order valence-electron chi connectivity index (χ4n) is 2.83. The Morgan fingerprint density at radius 1 is 0.929 bits per heavy atom. The van der Waals surface area contributed by atoms with Crippen LogP contribution < -0.4 is 14.2 Å². The molecule has 0 saturated carbocycles. The minimum absolute atomic E-state index is 0.0497. The van der Waals surface area contributed by atoms with Crippen molar-refractivity contribution in [3.8, 4) is 17.2 Å². The maximum absolute atomic E-state index is 12.5. The van der Waals surface area contributed by atoms with E-state index in [9.17, 15) is 9.59 Å². The molecule has 3 aromatic rings. The molecule has 0 fully saturated rings. The summed E-state index contributed by atoms with van der Waals surface area (Å²) in [6.45, 7) is 1.29. The molecule has 7 nitrogen and oxygen atoms in total. The molecule has 3 rings (SSSR count). The topological polar surface area (TPSA) is 84.2 Å². The number of carbonyl (C=O) groups excluding carboxylic acids is 2. The summed E-state index contributed by atoms with van der Waals surface area (Å²) in [7, 11) is 4.51. The Hall–Kier alpha value is -3.48. The minimum atomic E-state index is -0.720. The maximum atomic E-state index is 12.5. The molecule has 7 heteroatoms. The number of esters is 1. The molecule has 0 unspecified atom stereocenters. The van der Waals surface area contributed by atoms with Crippen molar-refractivity contribution in [1.82, 2.24) is 0 Å². The molecule has 0 radical (unpaired) electrons. The Labute approximate surface area is 161 Å². The molecule has 0 aliphatic carbocycles. The summed E-state index contributed by atoms with van der Waals surface area (Å²) in [4.78, 5) is 25.0. The first-order valence-electron chi connectivity index (χ1n) is 8.48. The number of fused-ring (bicyclic) bond motifs is 1. The highest BCUT2D eigenvalue weighted by Crippen LogP contribution is 2.29. The second-order valence-electron chi connectivity index (χ2n) is 5.98. The van der Waals surface area contributed by atoms with Gasteiger partial charge in [-0.1, -0.05) is 0 Å². The lowest BCUT2D eigenvalue weighted by atomic mass is 10.1. The van der Waals surface area contributed by atoms with Crippen LogP contribution in [0.4, 0.5) is 0 Å². The van der Waals surface area contributed by atoms with Crippen molar-refractivity contribution in [2.24, 2.45) is 0 Å². The van der Waals surface area contributed by atoms with Crippen molar-refractivity contribution in [2.45, 2.75) is 6.92 Å². The van der Waals surface area contributed by atoms with E-state index >= 15 is 0 Å². The Morgan fingerprint density at radius 2 is 1.61 bits per heavy atom. The lowest BCUT2D eigenvalue weighted by Gasteiger charge is -2.09. The smallest absolute Gasteiger partial charge is 0.375 e. The highest BCUT2D eigenvalue weighted by molar-refractivity contribution is 6.02. The summed E-state index contributed by atoms with van der Waals surface area (Å²) >= 11 is 0. The molecule has 0 amide bonds. The number of aryl methyl sites for hydroxylation is 1. The van der Waals surface area contributed by atoms with Crippen LogP contribution in [0.15, 0.2) is 40.8 Å². The molecule has 2 aromatic carbocycles. The number of hydrogen-bond acceptors (Lipinski definition) is 7. The predicted octanol–water partition coefficient (Wildman–Crippen LogP) is 3.81. The number of Topliss-reactive ketones (excluding diaryl/α,β-unsaturated/α-hetero) is 1. The third-order valence-electron chi connectivity index (χ3n) is 4.37. The molecule has 0 aliphatic rings. The number of furan rings is 1. The number of rotatable bonds is 7. The Kier molecular flexibility index (Phi) is 5.54. The normalized spacial score (nSPS) is 10.6. The SMILES string of the molecule is COc1ccc(OC)c(C(=O)COC(=O)c2oc3ccc(OC)cc3c2C)c1. The summed E-state index contributed by atoms with van der Waals surface area (Å²) in [5, 5.41) is 0.743. The summed E-state index contributed by atoms with van der Waals surface area (Å²) in [6, 6.07) is 10.0. The van der Waals surface area contributed by atoms with Crippen molar-refractivity contribution >= 4 is 22.7 Å². The first-order chi connectivity index (χ1) is 13.5. The Bertz CT molecular complexity index is 1030. The Morgan fingerprint density at radius 3 is 2.29 bits per heavy atom. The number of benzene rings is 2. The van der Waals surface area contributed by atoms with E-state index in [0.717, 1.165) is 5.39 Å². The molecule has 28 heavy (non-hydrogen) atoms. The average molecular weight is 384 g/mol. The van der Waals surface area contributed by atoms with Crippen LogP contribution in [-0.4, -0.2) is 39.7 Å². The second kappa shape index (κ2) is 8.04. The zero-order valence-corrected chi connectivity index (χ0v) is 16.0. The fraction of sp³-hybridized carbons (Fsp3) is 0.238. The largest absolute Gasteiger partial charge is 0.497 e. The molecular formula is C21H20O7. The number of hydrogen-bond donors (Lipinski definition) is 0. The van der Waals surface area contributed by atoms with E-state index in [0.29, 0.717) is 28.4 Å². The van der Waals surface area contributed by atoms with Crippen LogP contribution in [-0.2, 0) is 4.74 Å². The predicted molar refractivity (Wildman–Crippen MR) is 102 cm³/mol. The van der Waals surface area contributed by atoms with Crippen LogP contribution in [0, 0.1) is 6.92 Å². The van der Waals surface area contributed by atoms with E-state index in [4.69, 9.17) is 23.4 Å². The van der Waals surface area contributed by atoms with E-state index in [1.54, 1.807) is 44.4 Å². The third kappa shape index (κ3) is 3.64. The molecule has 0 bridgehead atoms. The molecule has 0 aliphatic heterocycles. The number of ketones is 1. The van der Waals surface area contributed by atoms with Gasteiger partial charge in [-0.2, -0.15) is 0 Å². The quantitative estimate of drug-likeness (QED) is 0.452. The van der Waals surface area contributed by atoms with E-state index in [1.165, 1.54) is 20.3 Å². The van der Waals surface area contributed by atoms with Crippen molar-refractivity contribution in [3.63, 3.8) is 0 Å². The highest BCUT2D eigenvalue weighted by Gasteiger charge is 2.22. The molecule has 146 valence electrons. The number of carbonyl (C=O) groups is 2. The van der Waals surface area contributed by atoms with Gasteiger partial charge in [0.1, 0.15) is 22.8 Å². The van der Waals surface area contributed by atoms with Crippen molar-refractivity contribution in [2.75, 3.05) is 27.9 Å². The van der Waals surface area contributed by atoms with Crippen molar-refractivity contribution in [3.05, 3.63) is 53.3 Å². The standard InChI is InChI=1S/C21H20O7/c1-12-15-9-13(24-2)6-8-19(15)28-20(12)21(23)27-11-17(22)16-10-14(25-3)5-7-18(16)26-4/h5-10H,11H2,1-4H3. The molecule has 0 spiro atoms. The van der Waals surface area contributed by atoms with Gasteiger partial charge in [-0.05, 0) is 43.3 Å². The lowest BCUT2D eigenvalue weighted by Crippen LogP contribution is -2.15. The summed E-state index contributed by atoms with van der Waals surface area (Å²) in [5.41, 5.74) is 1.41. The van der Waals surface area contributed by atoms with E-state index < -0.39 is 18.4 Å². The van der Waals surface area contributed by atoms with Gasteiger partial charge in [-0.15, -0.1) is 0 Å². The maximum Gasteiger partial charge on any atom is 0.375 e. The van der Waals surface area contributed by atoms with E-state index in [1.807, 2.05) is 0 Å². The van der Waals surface area contributed by atoms with Crippen molar-refractivity contribution < 1.29 is 33.0 Å². The van der Waals surface area contributed by atoms with Gasteiger partial charge >= 0.3 is 5.97 Å². The lowest BCUT2D eigenvalue weighted by molar-refractivity contribution is 0.0444. The van der Waals surface area contributed by atoms with Crippen molar-refractivity contribution in [1.29, 1.82) is 0 Å². The van der Waals surface area contributed by atoms with Gasteiger partial charge in [0, 0.05) is 10.9 Å². The summed E-state index contributed by atoms with van der Waals surface area (Å²) in [6.07, 6.45) is 0. The first kappa shape index (κ1) is 19.3. The van der Waals surface area contributed by atoms with Gasteiger partial charge in [0.2, 0.25) is 11.5 Å². The summed E-state index contributed by atoms with van der Waals surface area (Å²) in [5.74, 6) is 0.430. The zero-order chi connectivity index (χ0) is 20.3. The zero-order valence-electron chi connectivity index (χ0n) is 16.0. The van der Waals surface area contributed by atoms with Gasteiger partial charge in [-0.3, -0.25) is 4.79 Å². The molecule has 1 heterocycles. The van der Waals surface area contributed by atoms with Gasteiger partial charge in [0.05, 0.1) is 26.9 Å². The molecule has 0 atom stereocenters. The van der Waals surface area contributed by atoms with Gasteiger partial charge in [0.15, 0.2) is 6.61 Å². The minimum Gasteiger partial charge on any atom is -0.497 e. The molecule has 0 saturated heterocycles. The number of methoxy groups -OCH3 is 3. The molecule has 0 N–H and O–H groups in total. The van der Waals surface area contributed by atoms with Crippen LogP contribution in [0.3, 0.4) is 0 Å². The monoisotopic (exact) mass is 384 g/mol. The van der Waals surface area contributed by atoms with Gasteiger partial charge < -0.3 is 23.4 Å². The van der Waals surface area contributed by atoms with Gasteiger partial charge in [-0.25, -0.2) is 4.79 Å². The second-order valence-corrected chi connectivity index (χ2v) is 5.98. The van der Waals surface area contributed by atoms with Crippen LogP contribution >= 0.6 is 0 Å². The number of ether oxygens (including phenoxy) is 4. The molecule has 1 aromatic heterocycles.